The number of terminal acetylenes is 1. The van der Waals surface area contributed by atoms with Gasteiger partial charge in [0.1, 0.15) is 0 Å². The Kier molecular flexibility index (Phi) is 4.90. The standard InChI is InChI=1S/C20H17N5O/c1-4-15-8-13(2)9-17(19(15)16-6-5-7-21-11-16)24-20(26)25-18-12-22-14(3)10-23-18/h1,5-12H,2-3H3,(H2,23,24,25,26). The van der Waals surface area contributed by atoms with Crippen LogP contribution >= 0.6 is 0 Å². The summed E-state index contributed by atoms with van der Waals surface area (Å²) < 4.78 is 0. The molecule has 2 aromatic heterocycles. The van der Waals surface area contributed by atoms with E-state index in [9.17, 15) is 4.79 Å². The first-order valence-corrected chi connectivity index (χ1v) is 7.95. The van der Waals surface area contributed by atoms with Gasteiger partial charge in [0.15, 0.2) is 5.82 Å². The molecule has 0 saturated carbocycles. The van der Waals surface area contributed by atoms with Gasteiger partial charge in [-0.1, -0.05) is 12.0 Å². The van der Waals surface area contributed by atoms with E-state index in [2.05, 4.69) is 31.5 Å². The van der Waals surface area contributed by atoms with Gasteiger partial charge in [0, 0.05) is 29.1 Å². The minimum Gasteiger partial charge on any atom is -0.307 e. The van der Waals surface area contributed by atoms with Crippen LogP contribution in [0.15, 0.2) is 49.1 Å². The number of nitrogens with one attached hydrogen (secondary N) is 2. The van der Waals surface area contributed by atoms with Crippen LogP contribution in [0.4, 0.5) is 16.3 Å². The quantitative estimate of drug-likeness (QED) is 0.709. The van der Waals surface area contributed by atoms with Gasteiger partial charge in [-0.15, -0.1) is 6.42 Å². The van der Waals surface area contributed by atoms with Crippen LogP contribution in [0.25, 0.3) is 11.1 Å². The molecule has 0 saturated heterocycles. The molecule has 128 valence electrons. The van der Waals surface area contributed by atoms with Crippen LogP contribution in [0.1, 0.15) is 16.8 Å². The van der Waals surface area contributed by atoms with Crippen molar-refractivity contribution in [3.05, 3.63) is 65.9 Å². The second-order valence-electron chi connectivity index (χ2n) is 5.74. The fraction of sp³-hybridized carbons (Fsp3) is 0.100. The summed E-state index contributed by atoms with van der Waals surface area (Å²) in [6.45, 7) is 3.74. The van der Waals surface area contributed by atoms with Crippen molar-refractivity contribution in [3.63, 3.8) is 0 Å². The molecule has 3 aromatic rings. The number of pyridine rings is 1. The first-order valence-electron chi connectivity index (χ1n) is 7.95. The van der Waals surface area contributed by atoms with E-state index < -0.39 is 6.03 Å². The molecule has 6 heteroatoms. The summed E-state index contributed by atoms with van der Waals surface area (Å²) in [5, 5.41) is 5.51. The summed E-state index contributed by atoms with van der Waals surface area (Å²) in [5.74, 6) is 3.04. The molecule has 3 rings (SSSR count). The highest BCUT2D eigenvalue weighted by Gasteiger charge is 2.14. The molecule has 0 aliphatic carbocycles. The summed E-state index contributed by atoms with van der Waals surface area (Å²) in [5.41, 5.74) is 4.57. The fourth-order valence-electron chi connectivity index (χ4n) is 2.55. The Labute approximate surface area is 151 Å². The number of amides is 2. The Morgan fingerprint density at radius 1 is 1.12 bits per heavy atom. The van der Waals surface area contributed by atoms with Crippen molar-refractivity contribution in [1.29, 1.82) is 0 Å². The normalized spacial score (nSPS) is 10.0. The molecule has 26 heavy (non-hydrogen) atoms. The Bertz CT molecular complexity index is 976. The number of urea groups is 1. The fourth-order valence-corrected chi connectivity index (χ4v) is 2.55. The lowest BCUT2D eigenvalue weighted by Crippen LogP contribution is -2.21. The van der Waals surface area contributed by atoms with Crippen molar-refractivity contribution in [2.24, 2.45) is 0 Å². The SMILES string of the molecule is C#Cc1cc(C)cc(NC(=O)Nc2cnc(C)cn2)c1-c1cccnc1. The predicted octanol–water partition coefficient (Wildman–Crippen LogP) is 3.78. The van der Waals surface area contributed by atoms with Gasteiger partial charge in [-0.25, -0.2) is 9.78 Å². The third-order valence-electron chi connectivity index (χ3n) is 3.66. The van der Waals surface area contributed by atoms with Crippen LogP contribution in [0, 0.1) is 26.2 Å². The lowest BCUT2D eigenvalue weighted by Gasteiger charge is -2.15. The molecule has 0 atom stereocenters. The number of nitrogens with zero attached hydrogens (tertiary/aromatic N) is 3. The number of aryl methyl sites for hydroxylation is 2. The zero-order chi connectivity index (χ0) is 18.5. The number of benzene rings is 1. The predicted molar refractivity (Wildman–Crippen MR) is 102 cm³/mol. The number of rotatable bonds is 3. The van der Waals surface area contributed by atoms with Gasteiger partial charge in [0.05, 0.1) is 23.8 Å². The minimum absolute atomic E-state index is 0.362. The van der Waals surface area contributed by atoms with Gasteiger partial charge in [0.25, 0.3) is 0 Å². The first kappa shape index (κ1) is 17.1. The first-order chi connectivity index (χ1) is 12.6. The Morgan fingerprint density at radius 3 is 2.62 bits per heavy atom. The van der Waals surface area contributed by atoms with Crippen molar-refractivity contribution in [3.8, 4) is 23.5 Å². The summed E-state index contributed by atoms with van der Waals surface area (Å²) in [4.78, 5) is 24.8. The number of aromatic nitrogens is 3. The van der Waals surface area contributed by atoms with Crippen molar-refractivity contribution in [2.75, 3.05) is 10.6 Å². The van der Waals surface area contributed by atoms with Crippen LogP contribution in [0.2, 0.25) is 0 Å². The Balaban J connectivity index is 1.94. The molecule has 0 aliphatic heterocycles. The van der Waals surface area contributed by atoms with E-state index in [1.807, 2.05) is 38.1 Å². The molecule has 1 aromatic carbocycles. The Hall–Kier alpha value is -3.72. The van der Waals surface area contributed by atoms with Crippen LogP contribution in [0.3, 0.4) is 0 Å². The van der Waals surface area contributed by atoms with Gasteiger partial charge >= 0.3 is 6.03 Å². The molecule has 0 radical (unpaired) electrons. The van der Waals surface area contributed by atoms with E-state index in [4.69, 9.17) is 6.42 Å². The van der Waals surface area contributed by atoms with Crippen LogP contribution < -0.4 is 10.6 Å². The van der Waals surface area contributed by atoms with Crippen LogP contribution in [-0.2, 0) is 0 Å². The molecule has 0 unspecified atom stereocenters. The summed E-state index contributed by atoms with van der Waals surface area (Å²) in [6.07, 6.45) is 12.2. The third kappa shape index (κ3) is 3.84. The highest BCUT2D eigenvalue weighted by Crippen LogP contribution is 2.32. The number of carbonyl (C=O) groups excluding carboxylic acids is 1. The molecule has 0 aliphatic rings. The number of hydrogen-bond donors (Lipinski definition) is 2. The molecule has 2 amide bonds. The Morgan fingerprint density at radius 2 is 1.96 bits per heavy atom. The van der Waals surface area contributed by atoms with Crippen molar-refractivity contribution in [2.45, 2.75) is 13.8 Å². The van der Waals surface area contributed by atoms with Crippen molar-refractivity contribution >= 4 is 17.5 Å². The monoisotopic (exact) mass is 343 g/mol. The smallest absolute Gasteiger partial charge is 0.307 e. The molecule has 2 heterocycles. The third-order valence-corrected chi connectivity index (χ3v) is 3.66. The summed E-state index contributed by atoms with van der Waals surface area (Å²) in [7, 11) is 0. The molecule has 6 nitrogen and oxygen atoms in total. The summed E-state index contributed by atoms with van der Waals surface area (Å²) in [6, 6.07) is 7.05. The largest absolute Gasteiger partial charge is 0.324 e. The maximum atomic E-state index is 12.4. The van der Waals surface area contributed by atoms with Gasteiger partial charge < -0.3 is 5.32 Å². The van der Waals surface area contributed by atoms with Gasteiger partial charge in [-0.3, -0.25) is 15.3 Å². The van der Waals surface area contributed by atoms with Crippen LogP contribution in [-0.4, -0.2) is 21.0 Å². The van der Waals surface area contributed by atoms with Gasteiger partial charge in [0.2, 0.25) is 0 Å². The average Bonchev–Trinajstić information content (AvgIpc) is 2.63. The topological polar surface area (TPSA) is 79.8 Å². The van der Waals surface area contributed by atoms with E-state index in [1.54, 1.807) is 18.6 Å². The minimum atomic E-state index is -0.429. The van der Waals surface area contributed by atoms with Gasteiger partial charge in [-0.05, 0) is 37.6 Å². The highest BCUT2D eigenvalue weighted by atomic mass is 16.2. The summed E-state index contributed by atoms with van der Waals surface area (Å²) >= 11 is 0. The van der Waals surface area contributed by atoms with E-state index in [0.717, 1.165) is 22.4 Å². The zero-order valence-corrected chi connectivity index (χ0v) is 14.4. The number of hydrogen-bond acceptors (Lipinski definition) is 4. The molecular formula is C20H17N5O. The van der Waals surface area contributed by atoms with Crippen LogP contribution in [0.5, 0.6) is 0 Å². The van der Waals surface area contributed by atoms with E-state index in [1.165, 1.54) is 6.20 Å². The molecular weight excluding hydrogens is 326 g/mol. The van der Waals surface area contributed by atoms with E-state index in [-0.39, 0.29) is 0 Å². The molecule has 0 fully saturated rings. The molecule has 0 spiro atoms. The van der Waals surface area contributed by atoms with Crippen molar-refractivity contribution in [1.82, 2.24) is 15.0 Å². The number of carbonyl (C=O) groups is 1. The van der Waals surface area contributed by atoms with Gasteiger partial charge in [-0.2, -0.15) is 0 Å². The lowest BCUT2D eigenvalue weighted by molar-refractivity contribution is 0.262. The highest BCUT2D eigenvalue weighted by molar-refractivity contribution is 6.02. The molecule has 0 bridgehead atoms. The zero-order valence-electron chi connectivity index (χ0n) is 14.4. The average molecular weight is 343 g/mol. The maximum Gasteiger partial charge on any atom is 0.324 e. The maximum absolute atomic E-state index is 12.4. The van der Waals surface area contributed by atoms with E-state index in [0.29, 0.717) is 17.1 Å². The lowest BCUT2D eigenvalue weighted by atomic mass is 9.97. The van der Waals surface area contributed by atoms with E-state index >= 15 is 0 Å². The second-order valence-corrected chi connectivity index (χ2v) is 5.74. The number of anilines is 2. The second kappa shape index (κ2) is 7.45. The van der Waals surface area contributed by atoms with Crippen molar-refractivity contribution < 1.29 is 4.79 Å². The molecule has 2 N–H and O–H groups in total.